The minimum atomic E-state index is -0.327. The summed E-state index contributed by atoms with van der Waals surface area (Å²) in [5.74, 6) is -0.327. The van der Waals surface area contributed by atoms with E-state index in [0.717, 1.165) is 11.3 Å². The lowest BCUT2D eigenvalue weighted by Gasteiger charge is -2.25. The SMILES string of the molecule is Cc1ccc(-n2cc(C(=O)NC(CO)CC(C)(C)C)nn2)cc1. The van der Waals surface area contributed by atoms with Crippen molar-refractivity contribution in [2.24, 2.45) is 5.41 Å². The number of aromatic nitrogens is 3. The van der Waals surface area contributed by atoms with Gasteiger partial charge in [0.05, 0.1) is 24.5 Å². The fraction of sp³-hybridized carbons (Fsp3) is 0.471. The molecule has 0 fully saturated rings. The highest BCUT2D eigenvalue weighted by atomic mass is 16.3. The molecule has 0 saturated carbocycles. The number of aliphatic hydroxyl groups excluding tert-OH is 1. The first-order valence-electron chi connectivity index (χ1n) is 7.69. The predicted molar refractivity (Wildman–Crippen MR) is 88.5 cm³/mol. The van der Waals surface area contributed by atoms with Crippen LogP contribution < -0.4 is 5.32 Å². The summed E-state index contributed by atoms with van der Waals surface area (Å²) in [6, 6.07) is 7.49. The number of nitrogens with one attached hydrogen (secondary N) is 1. The molecule has 23 heavy (non-hydrogen) atoms. The standard InChI is InChI=1S/C17H24N4O2/c1-12-5-7-14(8-6-12)21-10-15(19-20-21)16(23)18-13(11-22)9-17(2,3)4/h5-8,10,13,22H,9,11H2,1-4H3,(H,18,23). The molecule has 1 atom stereocenters. The molecule has 2 N–H and O–H groups in total. The molecule has 124 valence electrons. The first kappa shape index (κ1) is 17.1. The lowest BCUT2D eigenvalue weighted by atomic mass is 9.88. The molecule has 1 heterocycles. The monoisotopic (exact) mass is 316 g/mol. The molecular weight excluding hydrogens is 292 g/mol. The van der Waals surface area contributed by atoms with Crippen molar-refractivity contribution in [3.8, 4) is 5.69 Å². The molecule has 0 aliphatic carbocycles. The van der Waals surface area contributed by atoms with E-state index in [9.17, 15) is 9.90 Å². The largest absolute Gasteiger partial charge is 0.394 e. The van der Waals surface area contributed by atoms with Crippen LogP contribution in [0.1, 0.15) is 43.2 Å². The van der Waals surface area contributed by atoms with Crippen molar-refractivity contribution in [3.05, 3.63) is 41.7 Å². The van der Waals surface area contributed by atoms with Crippen molar-refractivity contribution in [2.45, 2.75) is 40.2 Å². The zero-order chi connectivity index (χ0) is 17.0. The van der Waals surface area contributed by atoms with Crippen LogP contribution in [0, 0.1) is 12.3 Å². The second-order valence-electron chi connectivity index (χ2n) is 7.00. The van der Waals surface area contributed by atoms with Crippen LogP contribution in [0.3, 0.4) is 0 Å². The molecule has 0 aliphatic heterocycles. The van der Waals surface area contributed by atoms with Crippen molar-refractivity contribution < 1.29 is 9.90 Å². The van der Waals surface area contributed by atoms with Gasteiger partial charge in [0, 0.05) is 0 Å². The number of aryl methyl sites for hydroxylation is 1. The van der Waals surface area contributed by atoms with E-state index in [4.69, 9.17) is 0 Å². The molecule has 2 rings (SSSR count). The Morgan fingerprint density at radius 2 is 1.96 bits per heavy atom. The lowest BCUT2D eigenvalue weighted by molar-refractivity contribution is 0.0892. The first-order chi connectivity index (χ1) is 10.8. The third kappa shape index (κ3) is 4.89. The molecule has 1 aromatic carbocycles. The Balaban J connectivity index is 2.07. The summed E-state index contributed by atoms with van der Waals surface area (Å²) in [6.07, 6.45) is 2.27. The van der Waals surface area contributed by atoms with Crippen LogP contribution in [-0.2, 0) is 0 Å². The number of carbonyl (C=O) groups excluding carboxylic acids is 1. The molecule has 0 saturated heterocycles. The van der Waals surface area contributed by atoms with E-state index in [2.05, 4.69) is 36.4 Å². The fourth-order valence-electron chi connectivity index (χ4n) is 2.35. The van der Waals surface area contributed by atoms with E-state index in [1.165, 1.54) is 0 Å². The Kier molecular flexibility index (Phi) is 5.15. The highest BCUT2D eigenvalue weighted by Crippen LogP contribution is 2.20. The fourth-order valence-corrected chi connectivity index (χ4v) is 2.35. The van der Waals surface area contributed by atoms with Crippen molar-refractivity contribution in [1.82, 2.24) is 20.3 Å². The topological polar surface area (TPSA) is 80.0 Å². The van der Waals surface area contributed by atoms with Crippen molar-refractivity contribution in [1.29, 1.82) is 0 Å². The maximum atomic E-state index is 12.3. The van der Waals surface area contributed by atoms with Crippen LogP contribution in [0.5, 0.6) is 0 Å². The zero-order valence-corrected chi connectivity index (χ0v) is 14.1. The van der Waals surface area contributed by atoms with Crippen LogP contribution in [0.4, 0.5) is 0 Å². The van der Waals surface area contributed by atoms with Gasteiger partial charge in [-0.1, -0.05) is 43.7 Å². The average Bonchev–Trinajstić information content (AvgIpc) is 2.95. The Morgan fingerprint density at radius 1 is 1.30 bits per heavy atom. The number of benzene rings is 1. The van der Waals surface area contributed by atoms with E-state index in [0.29, 0.717) is 6.42 Å². The first-order valence-corrected chi connectivity index (χ1v) is 7.69. The molecule has 0 radical (unpaired) electrons. The molecule has 1 amide bonds. The van der Waals surface area contributed by atoms with E-state index in [-0.39, 0.29) is 29.7 Å². The van der Waals surface area contributed by atoms with Gasteiger partial charge in [0.25, 0.3) is 5.91 Å². The second-order valence-corrected chi connectivity index (χ2v) is 7.00. The van der Waals surface area contributed by atoms with Crippen LogP contribution in [0.2, 0.25) is 0 Å². The van der Waals surface area contributed by atoms with Gasteiger partial charge in [-0.15, -0.1) is 5.10 Å². The summed E-state index contributed by atoms with van der Waals surface area (Å²) in [5.41, 5.74) is 2.24. The van der Waals surface area contributed by atoms with Gasteiger partial charge in [0.15, 0.2) is 5.69 Å². The summed E-state index contributed by atoms with van der Waals surface area (Å²) in [6.45, 7) is 8.10. The average molecular weight is 316 g/mol. The van der Waals surface area contributed by atoms with Crippen molar-refractivity contribution in [2.75, 3.05) is 6.61 Å². The van der Waals surface area contributed by atoms with Crippen LogP contribution in [0.15, 0.2) is 30.5 Å². The van der Waals surface area contributed by atoms with Crippen LogP contribution in [-0.4, -0.2) is 38.7 Å². The highest BCUT2D eigenvalue weighted by molar-refractivity contribution is 5.92. The Hall–Kier alpha value is -2.21. The number of amides is 1. The summed E-state index contributed by atoms with van der Waals surface area (Å²) >= 11 is 0. The molecule has 0 aliphatic rings. The Labute approximate surface area is 136 Å². The number of hydrogen-bond acceptors (Lipinski definition) is 4. The minimum Gasteiger partial charge on any atom is -0.394 e. The maximum Gasteiger partial charge on any atom is 0.273 e. The van der Waals surface area contributed by atoms with Gasteiger partial charge in [0.2, 0.25) is 0 Å². The van der Waals surface area contributed by atoms with Gasteiger partial charge >= 0.3 is 0 Å². The predicted octanol–water partition coefficient (Wildman–Crippen LogP) is 2.10. The van der Waals surface area contributed by atoms with E-state index in [1.54, 1.807) is 10.9 Å². The summed E-state index contributed by atoms with van der Waals surface area (Å²) in [5, 5.41) is 20.2. The number of carbonyl (C=O) groups is 1. The van der Waals surface area contributed by atoms with E-state index in [1.807, 2.05) is 31.2 Å². The molecule has 2 aromatic rings. The van der Waals surface area contributed by atoms with Gasteiger partial charge in [-0.3, -0.25) is 4.79 Å². The van der Waals surface area contributed by atoms with Crippen molar-refractivity contribution >= 4 is 5.91 Å². The van der Waals surface area contributed by atoms with Gasteiger partial charge in [-0.05, 0) is 30.9 Å². The molecule has 0 bridgehead atoms. The zero-order valence-electron chi connectivity index (χ0n) is 14.1. The van der Waals surface area contributed by atoms with Crippen LogP contribution in [0.25, 0.3) is 5.69 Å². The van der Waals surface area contributed by atoms with Crippen LogP contribution >= 0.6 is 0 Å². The van der Waals surface area contributed by atoms with E-state index >= 15 is 0 Å². The Bertz CT molecular complexity index is 656. The summed E-state index contributed by atoms with van der Waals surface area (Å²) in [7, 11) is 0. The smallest absolute Gasteiger partial charge is 0.273 e. The number of hydrogen-bond donors (Lipinski definition) is 2. The number of aliphatic hydroxyl groups is 1. The van der Waals surface area contributed by atoms with Gasteiger partial charge in [-0.25, -0.2) is 4.68 Å². The maximum absolute atomic E-state index is 12.3. The van der Waals surface area contributed by atoms with Gasteiger partial charge < -0.3 is 10.4 Å². The summed E-state index contributed by atoms with van der Waals surface area (Å²) < 4.78 is 1.56. The third-order valence-electron chi connectivity index (χ3n) is 3.44. The lowest BCUT2D eigenvalue weighted by Crippen LogP contribution is -2.40. The highest BCUT2D eigenvalue weighted by Gasteiger charge is 2.21. The second kappa shape index (κ2) is 6.91. The molecule has 0 spiro atoms. The molecule has 1 unspecified atom stereocenters. The molecule has 6 nitrogen and oxygen atoms in total. The van der Waals surface area contributed by atoms with Gasteiger partial charge in [0.1, 0.15) is 0 Å². The molecular formula is C17H24N4O2. The summed E-state index contributed by atoms with van der Waals surface area (Å²) in [4.78, 5) is 12.3. The normalized spacial score (nSPS) is 12.9. The van der Waals surface area contributed by atoms with Crippen molar-refractivity contribution in [3.63, 3.8) is 0 Å². The number of nitrogens with zero attached hydrogens (tertiary/aromatic N) is 3. The minimum absolute atomic E-state index is 0.0141. The van der Waals surface area contributed by atoms with Gasteiger partial charge in [-0.2, -0.15) is 0 Å². The third-order valence-corrected chi connectivity index (χ3v) is 3.44. The number of rotatable bonds is 5. The molecule has 6 heteroatoms. The quantitative estimate of drug-likeness (QED) is 0.885. The molecule has 1 aromatic heterocycles. The van der Waals surface area contributed by atoms with E-state index < -0.39 is 0 Å². The Morgan fingerprint density at radius 3 is 2.52 bits per heavy atom.